The fourth-order valence-electron chi connectivity index (χ4n) is 1.16. The molecule has 80 valence electrons. The third-order valence-corrected chi connectivity index (χ3v) is 3.38. The van der Waals surface area contributed by atoms with Crippen molar-refractivity contribution in [1.29, 1.82) is 0 Å². The van der Waals surface area contributed by atoms with E-state index in [-0.39, 0.29) is 10.8 Å². The van der Waals surface area contributed by atoms with Crippen LogP contribution in [-0.4, -0.2) is 13.4 Å². The SMILES string of the molecule is O=S(=O)(Cl)c1ccc2nc(CCl)oc2c1. The molecule has 0 amide bonds. The molecule has 0 aliphatic heterocycles. The van der Waals surface area contributed by atoms with E-state index in [1.54, 1.807) is 0 Å². The minimum atomic E-state index is -3.74. The third kappa shape index (κ3) is 2.09. The van der Waals surface area contributed by atoms with Crippen LogP contribution < -0.4 is 0 Å². The van der Waals surface area contributed by atoms with E-state index < -0.39 is 9.05 Å². The lowest BCUT2D eigenvalue weighted by Gasteiger charge is -1.93. The average molecular weight is 266 g/mol. The summed E-state index contributed by atoms with van der Waals surface area (Å²) < 4.78 is 27.2. The Balaban J connectivity index is 2.66. The third-order valence-electron chi connectivity index (χ3n) is 1.80. The Kier molecular flexibility index (Phi) is 2.62. The van der Waals surface area contributed by atoms with Crippen molar-refractivity contribution >= 4 is 42.4 Å². The minimum absolute atomic E-state index is 0.0195. The molecule has 0 N–H and O–H groups in total. The standard InChI is InChI=1S/C8H5Cl2NO3S/c9-4-8-11-6-2-1-5(15(10,12)13)3-7(6)14-8/h1-3H,4H2. The van der Waals surface area contributed by atoms with Gasteiger partial charge in [-0.1, -0.05) is 0 Å². The van der Waals surface area contributed by atoms with Gasteiger partial charge in [-0.2, -0.15) is 0 Å². The molecule has 2 aromatic rings. The van der Waals surface area contributed by atoms with Gasteiger partial charge in [0, 0.05) is 16.7 Å². The Morgan fingerprint density at radius 2 is 2.13 bits per heavy atom. The normalized spacial score (nSPS) is 12.1. The van der Waals surface area contributed by atoms with Crippen molar-refractivity contribution in [3.8, 4) is 0 Å². The number of rotatable bonds is 2. The first-order valence-corrected chi connectivity index (χ1v) is 6.75. The van der Waals surface area contributed by atoms with Gasteiger partial charge in [0.15, 0.2) is 5.58 Å². The molecule has 1 heterocycles. The number of fused-ring (bicyclic) bond motifs is 1. The first-order chi connectivity index (χ1) is 7.00. The van der Waals surface area contributed by atoms with Gasteiger partial charge in [-0.3, -0.25) is 0 Å². The molecular formula is C8H5Cl2NO3S. The van der Waals surface area contributed by atoms with E-state index in [2.05, 4.69) is 4.98 Å². The second-order valence-electron chi connectivity index (χ2n) is 2.81. The van der Waals surface area contributed by atoms with E-state index in [1.807, 2.05) is 0 Å². The molecule has 0 radical (unpaired) electrons. The Morgan fingerprint density at radius 1 is 1.40 bits per heavy atom. The van der Waals surface area contributed by atoms with E-state index in [4.69, 9.17) is 26.7 Å². The molecule has 0 unspecified atom stereocenters. The molecule has 0 fully saturated rings. The van der Waals surface area contributed by atoms with Gasteiger partial charge < -0.3 is 4.42 Å². The van der Waals surface area contributed by atoms with Gasteiger partial charge in [-0.25, -0.2) is 13.4 Å². The Labute approximate surface area is 95.2 Å². The smallest absolute Gasteiger partial charge is 0.261 e. The molecule has 1 aromatic heterocycles. The van der Waals surface area contributed by atoms with Crippen molar-refractivity contribution in [1.82, 2.24) is 4.98 Å². The lowest BCUT2D eigenvalue weighted by molar-refractivity contribution is 0.553. The summed E-state index contributed by atoms with van der Waals surface area (Å²) in [5.41, 5.74) is 0.905. The van der Waals surface area contributed by atoms with Crippen LogP contribution in [0.25, 0.3) is 11.1 Å². The average Bonchev–Trinajstić information content (AvgIpc) is 2.57. The van der Waals surface area contributed by atoms with E-state index >= 15 is 0 Å². The van der Waals surface area contributed by atoms with E-state index in [0.29, 0.717) is 17.0 Å². The summed E-state index contributed by atoms with van der Waals surface area (Å²) in [7, 11) is 1.44. The summed E-state index contributed by atoms with van der Waals surface area (Å²) in [5, 5.41) is 0. The highest BCUT2D eigenvalue weighted by Crippen LogP contribution is 2.22. The molecule has 0 bridgehead atoms. The van der Waals surface area contributed by atoms with Crippen molar-refractivity contribution < 1.29 is 12.8 Å². The molecule has 0 saturated heterocycles. The van der Waals surface area contributed by atoms with E-state index in [1.165, 1.54) is 18.2 Å². The summed E-state index contributed by atoms with van der Waals surface area (Å²) in [5.74, 6) is 0.480. The number of hydrogen-bond acceptors (Lipinski definition) is 4. The Bertz CT molecular complexity index is 605. The molecule has 4 nitrogen and oxygen atoms in total. The lowest BCUT2D eigenvalue weighted by atomic mass is 10.3. The fraction of sp³-hybridized carbons (Fsp3) is 0.125. The van der Waals surface area contributed by atoms with Crippen molar-refractivity contribution in [3.05, 3.63) is 24.1 Å². The van der Waals surface area contributed by atoms with Gasteiger partial charge in [-0.15, -0.1) is 11.6 Å². The van der Waals surface area contributed by atoms with Gasteiger partial charge in [-0.05, 0) is 12.1 Å². The van der Waals surface area contributed by atoms with Gasteiger partial charge >= 0.3 is 0 Å². The van der Waals surface area contributed by atoms with Crippen LogP contribution in [-0.2, 0) is 14.9 Å². The van der Waals surface area contributed by atoms with Gasteiger partial charge in [0.25, 0.3) is 9.05 Å². The summed E-state index contributed by atoms with van der Waals surface area (Å²) in [6, 6.07) is 4.20. The van der Waals surface area contributed by atoms with Crippen LogP contribution in [0.5, 0.6) is 0 Å². The molecular weight excluding hydrogens is 261 g/mol. The second-order valence-corrected chi connectivity index (χ2v) is 5.64. The summed E-state index contributed by atoms with van der Waals surface area (Å²) >= 11 is 5.53. The molecule has 15 heavy (non-hydrogen) atoms. The zero-order valence-electron chi connectivity index (χ0n) is 7.28. The molecule has 7 heteroatoms. The Morgan fingerprint density at radius 3 is 2.73 bits per heavy atom. The summed E-state index contributed by atoms with van der Waals surface area (Å²) in [6.45, 7) is 0. The van der Waals surface area contributed by atoms with Crippen LogP contribution in [0.3, 0.4) is 0 Å². The molecule has 0 spiro atoms. The van der Waals surface area contributed by atoms with Crippen molar-refractivity contribution in [2.75, 3.05) is 0 Å². The number of hydrogen-bond donors (Lipinski definition) is 0. The lowest BCUT2D eigenvalue weighted by Crippen LogP contribution is -1.88. The quantitative estimate of drug-likeness (QED) is 0.619. The van der Waals surface area contributed by atoms with Crippen LogP contribution in [0.1, 0.15) is 5.89 Å². The van der Waals surface area contributed by atoms with Gasteiger partial charge in [0.1, 0.15) is 5.52 Å². The number of aromatic nitrogens is 1. The highest BCUT2D eigenvalue weighted by Gasteiger charge is 2.13. The number of alkyl halides is 1. The monoisotopic (exact) mass is 265 g/mol. The maximum Gasteiger partial charge on any atom is 0.261 e. The van der Waals surface area contributed by atoms with Crippen LogP contribution in [0.15, 0.2) is 27.5 Å². The van der Waals surface area contributed by atoms with Gasteiger partial charge in [0.05, 0.1) is 10.8 Å². The molecule has 0 atom stereocenters. The highest BCUT2D eigenvalue weighted by molar-refractivity contribution is 8.13. The summed E-state index contributed by atoms with van der Waals surface area (Å²) in [4.78, 5) is 4.00. The van der Waals surface area contributed by atoms with Gasteiger partial charge in [0.2, 0.25) is 5.89 Å². The predicted molar refractivity (Wildman–Crippen MR) is 56.6 cm³/mol. The number of nitrogens with zero attached hydrogens (tertiary/aromatic N) is 1. The van der Waals surface area contributed by atoms with Crippen LogP contribution in [0, 0.1) is 0 Å². The zero-order chi connectivity index (χ0) is 11.1. The minimum Gasteiger partial charge on any atom is -0.439 e. The maximum absolute atomic E-state index is 11.0. The maximum atomic E-state index is 11.0. The predicted octanol–water partition coefficient (Wildman–Crippen LogP) is 2.49. The zero-order valence-corrected chi connectivity index (χ0v) is 9.60. The molecule has 1 aromatic carbocycles. The molecule has 0 aliphatic carbocycles. The Hall–Kier alpha value is -0.780. The van der Waals surface area contributed by atoms with Crippen LogP contribution in [0.4, 0.5) is 0 Å². The molecule has 2 rings (SSSR count). The largest absolute Gasteiger partial charge is 0.439 e. The highest BCUT2D eigenvalue weighted by atomic mass is 35.7. The summed E-state index contributed by atoms with van der Waals surface area (Å²) in [6.07, 6.45) is 0. The second kappa shape index (κ2) is 3.66. The molecule has 0 saturated carbocycles. The fourth-order valence-corrected chi connectivity index (χ4v) is 2.04. The first-order valence-electron chi connectivity index (χ1n) is 3.91. The number of halogens is 2. The van der Waals surface area contributed by atoms with Crippen LogP contribution in [0.2, 0.25) is 0 Å². The van der Waals surface area contributed by atoms with Crippen molar-refractivity contribution in [2.24, 2.45) is 0 Å². The first kappa shape index (κ1) is 10.7. The topological polar surface area (TPSA) is 60.2 Å². The van der Waals surface area contributed by atoms with E-state index in [9.17, 15) is 8.42 Å². The molecule has 0 aliphatic rings. The van der Waals surface area contributed by atoms with Crippen molar-refractivity contribution in [2.45, 2.75) is 10.8 Å². The number of oxazole rings is 1. The van der Waals surface area contributed by atoms with E-state index in [0.717, 1.165) is 0 Å². The van der Waals surface area contributed by atoms with Crippen molar-refractivity contribution in [3.63, 3.8) is 0 Å². The van der Waals surface area contributed by atoms with Crippen LogP contribution >= 0.6 is 22.3 Å². The number of benzene rings is 1.